The smallest absolute Gasteiger partial charge is 0.287 e. The Labute approximate surface area is 129 Å². The van der Waals surface area contributed by atoms with Gasteiger partial charge in [0.25, 0.3) is 5.91 Å². The van der Waals surface area contributed by atoms with E-state index in [4.69, 9.17) is 13.9 Å². The highest BCUT2D eigenvalue weighted by molar-refractivity contribution is 5.91. The van der Waals surface area contributed by atoms with E-state index in [2.05, 4.69) is 19.2 Å². The fraction of sp³-hybridized carbons (Fsp3) is 0.353. The van der Waals surface area contributed by atoms with Crippen LogP contribution in [0.2, 0.25) is 0 Å². The number of amides is 1. The third-order valence-corrected chi connectivity index (χ3v) is 3.62. The third kappa shape index (κ3) is 2.93. The van der Waals surface area contributed by atoms with Gasteiger partial charge in [0.05, 0.1) is 12.3 Å². The average molecular weight is 301 g/mol. The number of hydrogen-bond acceptors (Lipinski definition) is 4. The molecule has 0 bridgehead atoms. The molecule has 1 aromatic carbocycles. The van der Waals surface area contributed by atoms with Gasteiger partial charge in [0.15, 0.2) is 17.3 Å². The SMILES string of the molecule is CC(C)C(NC(=O)c1ccco1)c1ccc2c(c1)OCCO2. The lowest BCUT2D eigenvalue weighted by Crippen LogP contribution is -2.31. The van der Waals surface area contributed by atoms with E-state index < -0.39 is 0 Å². The summed E-state index contributed by atoms with van der Waals surface area (Å²) >= 11 is 0. The standard InChI is InChI=1S/C17H19NO4/c1-11(2)16(18-17(19)14-4-3-7-20-14)12-5-6-13-15(10-12)22-9-8-21-13/h3-7,10-11,16H,8-9H2,1-2H3,(H,18,19). The number of carbonyl (C=O) groups is 1. The van der Waals surface area contributed by atoms with Gasteiger partial charge in [0, 0.05) is 0 Å². The van der Waals surface area contributed by atoms with E-state index in [-0.39, 0.29) is 17.9 Å². The summed E-state index contributed by atoms with van der Waals surface area (Å²) in [6.07, 6.45) is 1.49. The molecular formula is C17H19NO4. The van der Waals surface area contributed by atoms with Crippen molar-refractivity contribution in [1.82, 2.24) is 5.32 Å². The van der Waals surface area contributed by atoms with Gasteiger partial charge in [-0.3, -0.25) is 4.79 Å². The minimum Gasteiger partial charge on any atom is -0.486 e. The van der Waals surface area contributed by atoms with Crippen molar-refractivity contribution in [2.45, 2.75) is 19.9 Å². The maximum atomic E-state index is 12.2. The summed E-state index contributed by atoms with van der Waals surface area (Å²) in [5, 5.41) is 3.01. The number of benzene rings is 1. The van der Waals surface area contributed by atoms with Crippen molar-refractivity contribution in [3.05, 3.63) is 47.9 Å². The number of carbonyl (C=O) groups excluding carboxylic acids is 1. The lowest BCUT2D eigenvalue weighted by Gasteiger charge is -2.25. The second-order valence-corrected chi connectivity index (χ2v) is 5.58. The van der Waals surface area contributed by atoms with Crippen LogP contribution < -0.4 is 14.8 Å². The van der Waals surface area contributed by atoms with Gasteiger partial charge in [-0.05, 0) is 35.7 Å². The average Bonchev–Trinajstić information content (AvgIpc) is 3.06. The molecule has 0 saturated heterocycles. The van der Waals surface area contributed by atoms with Crippen molar-refractivity contribution in [2.75, 3.05) is 13.2 Å². The molecule has 5 heteroatoms. The summed E-state index contributed by atoms with van der Waals surface area (Å²) in [5.41, 5.74) is 0.985. The molecular weight excluding hydrogens is 282 g/mol. The molecule has 1 aromatic heterocycles. The molecule has 2 aromatic rings. The Bertz CT molecular complexity index is 649. The first kappa shape index (κ1) is 14.5. The van der Waals surface area contributed by atoms with E-state index in [9.17, 15) is 4.79 Å². The molecule has 0 spiro atoms. The van der Waals surface area contributed by atoms with Gasteiger partial charge < -0.3 is 19.2 Å². The second-order valence-electron chi connectivity index (χ2n) is 5.58. The number of rotatable bonds is 4. The van der Waals surface area contributed by atoms with Gasteiger partial charge >= 0.3 is 0 Å². The molecule has 5 nitrogen and oxygen atoms in total. The van der Waals surface area contributed by atoms with E-state index in [1.807, 2.05) is 18.2 Å². The fourth-order valence-electron chi connectivity index (χ4n) is 2.51. The van der Waals surface area contributed by atoms with Crippen LogP contribution in [0.25, 0.3) is 0 Å². The number of ether oxygens (including phenoxy) is 2. The minimum absolute atomic E-state index is 0.131. The van der Waals surface area contributed by atoms with Gasteiger partial charge in [-0.1, -0.05) is 19.9 Å². The van der Waals surface area contributed by atoms with Gasteiger partial charge in [0.1, 0.15) is 13.2 Å². The number of hydrogen-bond donors (Lipinski definition) is 1. The van der Waals surface area contributed by atoms with Crippen molar-refractivity contribution < 1.29 is 18.7 Å². The highest BCUT2D eigenvalue weighted by Gasteiger charge is 2.22. The highest BCUT2D eigenvalue weighted by Crippen LogP contribution is 2.34. The van der Waals surface area contributed by atoms with Gasteiger partial charge in [-0.25, -0.2) is 0 Å². The molecule has 2 heterocycles. The predicted octanol–water partition coefficient (Wildman–Crippen LogP) is 3.18. The van der Waals surface area contributed by atoms with Gasteiger partial charge in [0.2, 0.25) is 0 Å². The molecule has 0 radical (unpaired) electrons. The van der Waals surface area contributed by atoms with Crippen LogP contribution in [0.4, 0.5) is 0 Å². The molecule has 0 saturated carbocycles. The van der Waals surface area contributed by atoms with Crippen LogP contribution in [0.5, 0.6) is 11.5 Å². The van der Waals surface area contributed by atoms with Crippen molar-refractivity contribution in [2.24, 2.45) is 5.92 Å². The van der Waals surface area contributed by atoms with Crippen LogP contribution in [-0.2, 0) is 0 Å². The molecule has 1 N–H and O–H groups in total. The highest BCUT2D eigenvalue weighted by atomic mass is 16.6. The molecule has 0 fully saturated rings. The molecule has 22 heavy (non-hydrogen) atoms. The summed E-state index contributed by atoms with van der Waals surface area (Å²) in [6, 6.07) is 8.99. The van der Waals surface area contributed by atoms with Gasteiger partial charge in [-0.15, -0.1) is 0 Å². The van der Waals surface area contributed by atoms with Crippen LogP contribution in [0.3, 0.4) is 0 Å². The summed E-state index contributed by atoms with van der Waals surface area (Å²) < 4.78 is 16.3. The van der Waals surface area contributed by atoms with E-state index in [0.29, 0.717) is 19.0 Å². The maximum absolute atomic E-state index is 12.2. The zero-order chi connectivity index (χ0) is 15.5. The Morgan fingerprint density at radius 3 is 2.59 bits per heavy atom. The normalized spacial score (nSPS) is 14.7. The van der Waals surface area contributed by atoms with Crippen LogP contribution in [-0.4, -0.2) is 19.1 Å². The molecule has 1 aliphatic rings. The Balaban J connectivity index is 1.83. The van der Waals surface area contributed by atoms with Crippen molar-refractivity contribution in [3.8, 4) is 11.5 Å². The quantitative estimate of drug-likeness (QED) is 0.942. The Kier molecular flexibility index (Phi) is 4.04. The lowest BCUT2D eigenvalue weighted by molar-refractivity contribution is 0.0897. The molecule has 116 valence electrons. The van der Waals surface area contributed by atoms with E-state index in [1.54, 1.807) is 12.1 Å². The largest absolute Gasteiger partial charge is 0.486 e. The lowest BCUT2D eigenvalue weighted by atomic mass is 9.95. The van der Waals surface area contributed by atoms with E-state index in [0.717, 1.165) is 17.1 Å². The summed E-state index contributed by atoms with van der Waals surface area (Å²) in [5.74, 6) is 1.78. The molecule has 1 amide bonds. The van der Waals surface area contributed by atoms with E-state index >= 15 is 0 Å². The second kappa shape index (κ2) is 6.13. The van der Waals surface area contributed by atoms with Gasteiger partial charge in [-0.2, -0.15) is 0 Å². The number of fused-ring (bicyclic) bond motifs is 1. The fourth-order valence-corrected chi connectivity index (χ4v) is 2.51. The van der Waals surface area contributed by atoms with Crippen molar-refractivity contribution in [3.63, 3.8) is 0 Å². The summed E-state index contributed by atoms with van der Waals surface area (Å²) in [6.45, 7) is 5.23. The van der Waals surface area contributed by atoms with E-state index in [1.165, 1.54) is 6.26 Å². The Morgan fingerprint density at radius 2 is 1.91 bits per heavy atom. The Hall–Kier alpha value is -2.43. The van der Waals surface area contributed by atoms with Crippen molar-refractivity contribution >= 4 is 5.91 Å². The monoisotopic (exact) mass is 301 g/mol. The topological polar surface area (TPSA) is 60.7 Å². The first-order valence-corrected chi connectivity index (χ1v) is 7.39. The molecule has 1 aliphatic heterocycles. The Morgan fingerprint density at radius 1 is 1.14 bits per heavy atom. The van der Waals surface area contributed by atoms with Crippen molar-refractivity contribution in [1.29, 1.82) is 0 Å². The number of furan rings is 1. The van der Waals surface area contributed by atoms with Crippen LogP contribution in [0, 0.1) is 5.92 Å². The molecule has 3 rings (SSSR count). The van der Waals surface area contributed by atoms with Crippen LogP contribution in [0.1, 0.15) is 36.0 Å². The molecule has 0 aliphatic carbocycles. The zero-order valence-electron chi connectivity index (χ0n) is 12.7. The number of nitrogens with one attached hydrogen (secondary N) is 1. The first-order chi connectivity index (χ1) is 10.6. The maximum Gasteiger partial charge on any atom is 0.287 e. The third-order valence-electron chi connectivity index (χ3n) is 3.62. The summed E-state index contributed by atoms with van der Waals surface area (Å²) in [4.78, 5) is 12.2. The predicted molar refractivity (Wildman–Crippen MR) is 81.2 cm³/mol. The zero-order valence-corrected chi connectivity index (χ0v) is 12.7. The van der Waals surface area contributed by atoms with Crippen LogP contribution in [0.15, 0.2) is 41.0 Å². The van der Waals surface area contributed by atoms with Crippen LogP contribution >= 0.6 is 0 Å². The molecule has 1 unspecified atom stereocenters. The molecule has 1 atom stereocenters. The first-order valence-electron chi connectivity index (χ1n) is 7.39. The summed E-state index contributed by atoms with van der Waals surface area (Å²) in [7, 11) is 0. The minimum atomic E-state index is -0.224.